The fourth-order valence-electron chi connectivity index (χ4n) is 3.78. The number of carbonyl (C=O) groups is 1. The smallest absolute Gasteiger partial charge is 0.282 e. The molecule has 1 aromatic carbocycles. The van der Waals surface area contributed by atoms with E-state index in [0.29, 0.717) is 24.2 Å². The Morgan fingerprint density at radius 1 is 1.10 bits per heavy atom. The number of nitro groups is 1. The molecule has 1 amide bonds. The average molecular weight is 426 g/mol. The van der Waals surface area contributed by atoms with Crippen molar-refractivity contribution >= 4 is 21.8 Å². The summed E-state index contributed by atoms with van der Waals surface area (Å²) in [5.74, 6) is -0.256. The van der Waals surface area contributed by atoms with Crippen molar-refractivity contribution in [2.75, 3.05) is 39.3 Å². The van der Waals surface area contributed by atoms with Crippen LogP contribution in [-0.4, -0.2) is 84.2 Å². The summed E-state index contributed by atoms with van der Waals surface area (Å²) in [6, 6.07) is 4.26. The molecular weight excluding hydrogens is 400 g/mol. The molecule has 3 rings (SSSR count). The Morgan fingerprint density at radius 3 is 2.21 bits per heavy atom. The lowest BCUT2D eigenvalue weighted by Gasteiger charge is -2.40. The van der Waals surface area contributed by atoms with Gasteiger partial charge in [-0.3, -0.25) is 14.9 Å². The minimum atomic E-state index is -3.61. The van der Waals surface area contributed by atoms with Gasteiger partial charge >= 0.3 is 0 Å². The van der Waals surface area contributed by atoms with E-state index in [4.69, 9.17) is 4.74 Å². The molecule has 29 heavy (non-hydrogen) atoms. The molecule has 1 aromatic rings. The monoisotopic (exact) mass is 426 g/mol. The van der Waals surface area contributed by atoms with Crippen molar-refractivity contribution < 1.29 is 22.9 Å². The van der Waals surface area contributed by atoms with Crippen LogP contribution in [0.2, 0.25) is 0 Å². The average Bonchev–Trinajstić information content (AvgIpc) is 2.66. The molecule has 0 saturated carbocycles. The maximum absolute atomic E-state index is 13.0. The van der Waals surface area contributed by atoms with Gasteiger partial charge < -0.3 is 9.64 Å². The molecule has 0 spiro atoms. The van der Waals surface area contributed by atoms with Crippen molar-refractivity contribution in [3.05, 3.63) is 39.4 Å². The van der Waals surface area contributed by atoms with Gasteiger partial charge in [0.2, 0.25) is 0 Å². The molecule has 10 nitrogen and oxygen atoms in total. The van der Waals surface area contributed by atoms with Gasteiger partial charge in [0.05, 0.1) is 17.1 Å². The number of hydrogen-bond acceptors (Lipinski definition) is 6. The first kappa shape index (κ1) is 21.6. The number of amides is 1. The summed E-state index contributed by atoms with van der Waals surface area (Å²) < 4.78 is 34.4. The van der Waals surface area contributed by atoms with Gasteiger partial charge in [0.1, 0.15) is 0 Å². The minimum Gasteiger partial charge on any atom is -0.373 e. The van der Waals surface area contributed by atoms with Crippen molar-refractivity contribution in [3.8, 4) is 0 Å². The highest BCUT2D eigenvalue weighted by Crippen LogP contribution is 2.22. The highest BCUT2D eigenvalue weighted by Gasteiger charge is 2.37. The normalized spacial score (nSPS) is 24.4. The quantitative estimate of drug-likeness (QED) is 0.525. The maximum Gasteiger partial charge on any atom is 0.282 e. The van der Waals surface area contributed by atoms with Crippen LogP contribution in [-0.2, 0) is 14.9 Å². The number of piperazine rings is 1. The van der Waals surface area contributed by atoms with Crippen molar-refractivity contribution in [2.45, 2.75) is 33.0 Å². The maximum atomic E-state index is 13.0. The lowest BCUT2D eigenvalue weighted by molar-refractivity contribution is -0.385. The van der Waals surface area contributed by atoms with Crippen LogP contribution in [0.5, 0.6) is 0 Å². The molecule has 2 heterocycles. The minimum absolute atomic E-state index is 0.0357. The van der Waals surface area contributed by atoms with Crippen LogP contribution in [0.4, 0.5) is 5.69 Å². The number of rotatable bonds is 4. The Morgan fingerprint density at radius 2 is 1.69 bits per heavy atom. The number of nitrogens with zero attached hydrogens (tertiary/aromatic N) is 4. The zero-order valence-corrected chi connectivity index (χ0v) is 17.6. The topological polar surface area (TPSA) is 113 Å². The number of aryl methyl sites for hydroxylation is 1. The predicted octanol–water partition coefficient (Wildman–Crippen LogP) is 1.02. The Hall–Kier alpha value is -2.08. The van der Waals surface area contributed by atoms with Gasteiger partial charge in [-0.25, -0.2) is 0 Å². The second-order valence-electron chi connectivity index (χ2n) is 7.53. The third-order valence-electron chi connectivity index (χ3n) is 5.20. The summed E-state index contributed by atoms with van der Waals surface area (Å²) in [5.41, 5.74) is 0.740. The standard InChI is InChI=1S/C18H26N4O6S/c1-13-10-16(4-5-17(13)22(24)25)18(23)19-6-8-20(9-7-19)29(26,27)21-11-14(2)28-15(3)12-21/h4-5,10,14-15H,6-9,11-12H2,1-3H3/t14-,15+. The first-order valence-electron chi connectivity index (χ1n) is 9.54. The number of morpholine rings is 1. The lowest BCUT2D eigenvalue weighted by Crippen LogP contribution is -2.57. The highest BCUT2D eigenvalue weighted by molar-refractivity contribution is 7.86. The van der Waals surface area contributed by atoms with Crippen LogP contribution in [0.1, 0.15) is 29.8 Å². The van der Waals surface area contributed by atoms with Crippen molar-refractivity contribution in [3.63, 3.8) is 0 Å². The molecule has 11 heteroatoms. The van der Waals surface area contributed by atoms with E-state index in [0.717, 1.165) is 0 Å². The molecule has 2 fully saturated rings. The van der Waals surface area contributed by atoms with E-state index >= 15 is 0 Å². The van der Waals surface area contributed by atoms with Crippen LogP contribution in [0.25, 0.3) is 0 Å². The van der Waals surface area contributed by atoms with Crippen LogP contribution in [0.3, 0.4) is 0 Å². The molecule has 0 bridgehead atoms. The van der Waals surface area contributed by atoms with Crippen LogP contribution in [0.15, 0.2) is 18.2 Å². The van der Waals surface area contributed by atoms with Gasteiger partial charge in [0.25, 0.3) is 21.8 Å². The number of benzene rings is 1. The number of carbonyl (C=O) groups excluding carboxylic acids is 1. The third-order valence-corrected chi connectivity index (χ3v) is 7.17. The summed E-state index contributed by atoms with van der Waals surface area (Å²) in [6.07, 6.45) is -0.330. The van der Waals surface area contributed by atoms with E-state index in [-0.39, 0.29) is 50.0 Å². The second-order valence-corrected chi connectivity index (χ2v) is 9.46. The molecule has 2 aliphatic heterocycles. The molecule has 2 atom stereocenters. The van der Waals surface area contributed by atoms with Gasteiger partial charge in [0, 0.05) is 56.5 Å². The van der Waals surface area contributed by atoms with E-state index in [1.54, 1.807) is 11.8 Å². The zero-order chi connectivity index (χ0) is 21.3. The van der Waals surface area contributed by atoms with E-state index in [1.807, 2.05) is 13.8 Å². The van der Waals surface area contributed by atoms with Crippen LogP contribution in [0, 0.1) is 17.0 Å². The summed E-state index contributed by atoms with van der Waals surface area (Å²) in [7, 11) is -3.61. The van der Waals surface area contributed by atoms with Crippen LogP contribution < -0.4 is 0 Å². The fourth-order valence-corrected chi connectivity index (χ4v) is 5.53. The Balaban J connectivity index is 1.65. The zero-order valence-electron chi connectivity index (χ0n) is 16.8. The molecule has 0 aliphatic carbocycles. The first-order chi connectivity index (χ1) is 13.6. The van der Waals surface area contributed by atoms with Gasteiger partial charge in [-0.15, -0.1) is 0 Å². The van der Waals surface area contributed by atoms with Gasteiger partial charge in [-0.05, 0) is 32.9 Å². The van der Waals surface area contributed by atoms with E-state index < -0.39 is 15.1 Å². The fraction of sp³-hybridized carbons (Fsp3) is 0.611. The molecule has 160 valence electrons. The molecular formula is C18H26N4O6S. The van der Waals surface area contributed by atoms with Crippen molar-refractivity contribution in [2.24, 2.45) is 0 Å². The van der Waals surface area contributed by atoms with Gasteiger partial charge in [0.15, 0.2) is 0 Å². The Bertz CT molecular complexity index is 888. The lowest BCUT2D eigenvalue weighted by atomic mass is 10.1. The summed E-state index contributed by atoms with van der Waals surface area (Å²) in [6.45, 7) is 6.86. The predicted molar refractivity (Wildman–Crippen MR) is 106 cm³/mol. The number of nitro benzene ring substituents is 1. The molecule has 0 radical (unpaired) electrons. The van der Waals surface area contributed by atoms with Gasteiger partial charge in [-0.1, -0.05) is 0 Å². The number of ether oxygens (including phenoxy) is 1. The van der Waals surface area contributed by atoms with Gasteiger partial charge in [-0.2, -0.15) is 17.0 Å². The first-order valence-corrected chi connectivity index (χ1v) is 10.9. The molecule has 2 saturated heterocycles. The van der Waals surface area contributed by atoms with E-state index in [2.05, 4.69) is 0 Å². The molecule has 0 unspecified atom stereocenters. The Labute approximate surface area is 170 Å². The highest BCUT2D eigenvalue weighted by atomic mass is 32.2. The molecule has 2 aliphatic rings. The number of hydrogen-bond donors (Lipinski definition) is 0. The SMILES string of the molecule is Cc1cc(C(=O)N2CCN(S(=O)(=O)N3C[C@@H](C)O[C@@H](C)C3)CC2)ccc1[N+](=O)[O-]. The third kappa shape index (κ3) is 4.58. The van der Waals surface area contributed by atoms with E-state index in [1.165, 1.54) is 26.8 Å². The van der Waals surface area contributed by atoms with Crippen molar-refractivity contribution in [1.82, 2.24) is 13.5 Å². The van der Waals surface area contributed by atoms with Crippen LogP contribution >= 0.6 is 0 Å². The summed E-state index contributed by atoms with van der Waals surface area (Å²) >= 11 is 0. The second kappa shape index (κ2) is 8.34. The summed E-state index contributed by atoms with van der Waals surface area (Å²) in [5, 5.41) is 10.9. The Kier molecular flexibility index (Phi) is 6.22. The van der Waals surface area contributed by atoms with Crippen molar-refractivity contribution in [1.29, 1.82) is 0 Å². The summed E-state index contributed by atoms with van der Waals surface area (Å²) in [4.78, 5) is 24.8. The largest absolute Gasteiger partial charge is 0.373 e. The molecule has 0 aromatic heterocycles. The van der Waals surface area contributed by atoms with E-state index in [9.17, 15) is 23.3 Å². The molecule has 0 N–H and O–H groups in total.